The Labute approximate surface area is 86.4 Å². The summed E-state index contributed by atoms with van der Waals surface area (Å²) in [4.78, 5) is 11.5. The third-order valence-electron chi connectivity index (χ3n) is 2.06. The predicted octanol–water partition coefficient (Wildman–Crippen LogP) is 1.25. The second-order valence-corrected chi connectivity index (χ2v) is 3.30. The van der Waals surface area contributed by atoms with Crippen LogP contribution in [0.15, 0.2) is 41.3 Å². The van der Waals surface area contributed by atoms with Gasteiger partial charge in [-0.05, 0) is 19.1 Å². The van der Waals surface area contributed by atoms with E-state index in [9.17, 15) is 4.79 Å². The number of hydrogen-bond donors (Lipinski definition) is 1. The minimum Gasteiger partial charge on any atom is -0.506 e. The van der Waals surface area contributed by atoms with E-state index in [0.29, 0.717) is 5.69 Å². The zero-order valence-electron chi connectivity index (χ0n) is 8.21. The van der Waals surface area contributed by atoms with Crippen LogP contribution in [0, 0.1) is 6.92 Å². The molecule has 2 aromatic rings. The van der Waals surface area contributed by atoms with Gasteiger partial charge in [0.15, 0.2) is 0 Å². The maximum absolute atomic E-state index is 11.5. The highest BCUT2D eigenvalue weighted by Gasteiger charge is 2.00. The van der Waals surface area contributed by atoms with Crippen LogP contribution in [0.2, 0.25) is 0 Å². The summed E-state index contributed by atoms with van der Waals surface area (Å²) < 4.78 is 1.24. The number of aryl methyl sites for hydroxylation is 1. The van der Waals surface area contributed by atoms with Crippen molar-refractivity contribution in [3.8, 4) is 11.4 Å². The molecule has 1 aromatic carbocycles. The lowest BCUT2D eigenvalue weighted by atomic mass is 10.2. The molecule has 2 rings (SSSR count). The van der Waals surface area contributed by atoms with Crippen molar-refractivity contribution in [2.45, 2.75) is 6.92 Å². The number of rotatable bonds is 1. The number of hydrogen-bond acceptors (Lipinski definition) is 3. The molecule has 0 atom stereocenters. The van der Waals surface area contributed by atoms with Crippen LogP contribution in [0.1, 0.15) is 5.56 Å². The monoisotopic (exact) mass is 202 g/mol. The summed E-state index contributed by atoms with van der Waals surface area (Å²) in [5.41, 5.74) is 1.45. The van der Waals surface area contributed by atoms with Gasteiger partial charge in [0.1, 0.15) is 5.75 Å². The van der Waals surface area contributed by atoms with E-state index in [1.165, 1.54) is 10.9 Å². The van der Waals surface area contributed by atoms with E-state index in [0.717, 1.165) is 11.6 Å². The van der Waals surface area contributed by atoms with Crippen molar-refractivity contribution in [2.24, 2.45) is 0 Å². The van der Waals surface area contributed by atoms with E-state index in [1.54, 1.807) is 12.1 Å². The standard InChI is InChI=1S/C11H10N2O2/c1-8-2-4-9(5-3-8)13-11(15)6-10(14)7-12-13/h2-7,14H,1H3. The molecule has 4 heteroatoms. The van der Waals surface area contributed by atoms with E-state index in [-0.39, 0.29) is 11.3 Å². The van der Waals surface area contributed by atoms with Crippen molar-refractivity contribution in [3.05, 3.63) is 52.4 Å². The van der Waals surface area contributed by atoms with Gasteiger partial charge in [0.05, 0.1) is 11.9 Å². The van der Waals surface area contributed by atoms with Crippen molar-refractivity contribution in [1.29, 1.82) is 0 Å². The van der Waals surface area contributed by atoms with Crippen molar-refractivity contribution >= 4 is 0 Å². The Morgan fingerprint density at radius 2 is 1.93 bits per heavy atom. The summed E-state index contributed by atoms with van der Waals surface area (Å²) >= 11 is 0. The van der Waals surface area contributed by atoms with Gasteiger partial charge >= 0.3 is 0 Å². The molecule has 1 N–H and O–H groups in total. The first-order valence-corrected chi connectivity index (χ1v) is 4.52. The fourth-order valence-electron chi connectivity index (χ4n) is 1.28. The second kappa shape index (κ2) is 3.57. The van der Waals surface area contributed by atoms with Gasteiger partial charge < -0.3 is 5.11 Å². The van der Waals surface area contributed by atoms with Crippen molar-refractivity contribution in [2.75, 3.05) is 0 Å². The van der Waals surface area contributed by atoms with Crippen LogP contribution in [-0.4, -0.2) is 14.9 Å². The number of benzene rings is 1. The zero-order chi connectivity index (χ0) is 10.8. The van der Waals surface area contributed by atoms with Gasteiger partial charge in [-0.25, -0.2) is 0 Å². The zero-order valence-corrected chi connectivity index (χ0v) is 8.21. The fourth-order valence-corrected chi connectivity index (χ4v) is 1.28. The van der Waals surface area contributed by atoms with Crippen LogP contribution < -0.4 is 5.56 Å². The van der Waals surface area contributed by atoms with E-state index < -0.39 is 0 Å². The minimum atomic E-state index is -0.348. The van der Waals surface area contributed by atoms with Crippen LogP contribution in [-0.2, 0) is 0 Å². The molecule has 0 radical (unpaired) electrons. The highest BCUT2D eigenvalue weighted by Crippen LogP contribution is 2.07. The summed E-state index contributed by atoms with van der Waals surface area (Å²) in [6.07, 6.45) is 1.24. The van der Waals surface area contributed by atoms with Crippen molar-refractivity contribution in [1.82, 2.24) is 9.78 Å². The number of aromatic nitrogens is 2. The Morgan fingerprint density at radius 1 is 1.27 bits per heavy atom. The molecule has 4 nitrogen and oxygen atoms in total. The topological polar surface area (TPSA) is 55.1 Å². The molecule has 76 valence electrons. The van der Waals surface area contributed by atoms with E-state index in [4.69, 9.17) is 5.11 Å². The Kier molecular flexibility index (Phi) is 2.25. The molecule has 0 bridgehead atoms. The first kappa shape index (κ1) is 9.45. The Hall–Kier alpha value is -2.10. The van der Waals surface area contributed by atoms with Crippen LogP contribution in [0.4, 0.5) is 0 Å². The van der Waals surface area contributed by atoms with Gasteiger partial charge in [-0.1, -0.05) is 17.7 Å². The molecular weight excluding hydrogens is 192 g/mol. The Morgan fingerprint density at radius 3 is 2.53 bits per heavy atom. The summed E-state index contributed by atoms with van der Waals surface area (Å²) in [7, 11) is 0. The molecule has 0 fully saturated rings. The first-order valence-electron chi connectivity index (χ1n) is 4.52. The largest absolute Gasteiger partial charge is 0.506 e. The summed E-state index contributed by atoms with van der Waals surface area (Å²) in [5.74, 6) is -0.122. The van der Waals surface area contributed by atoms with Gasteiger partial charge in [0, 0.05) is 6.07 Å². The molecule has 0 saturated carbocycles. The summed E-state index contributed by atoms with van der Waals surface area (Å²) in [6.45, 7) is 1.97. The normalized spacial score (nSPS) is 10.2. The van der Waals surface area contributed by atoms with E-state index in [1.807, 2.05) is 19.1 Å². The predicted molar refractivity (Wildman–Crippen MR) is 56.2 cm³/mol. The lowest BCUT2D eigenvalue weighted by Crippen LogP contribution is -2.19. The average molecular weight is 202 g/mol. The molecule has 0 saturated heterocycles. The van der Waals surface area contributed by atoms with Crippen molar-refractivity contribution < 1.29 is 5.11 Å². The SMILES string of the molecule is Cc1ccc(-n2ncc(O)cc2=O)cc1. The van der Waals surface area contributed by atoms with Gasteiger partial charge in [0.25, 0.3) is 5.56 Å². The number of aromatic hydroxyl groups is 1. The summed E-state index contributed by atoms with van der Waals surface area (Å²) in [6, 6.07) is 8.54. The van der Waals surface area contributed by atoms with Gasteiger partial charge in [-0.2, -0.15) is 9.78 Å². The molecule has 1 heterocycles. The molecule has 0 aliphatic carbocycles. The Balaban J connectivity index is 2.55. The van der Waals surface area contributed by atoms with Crippen LogP contribution >= 0.6 is 0 Å². The minimum absolute atomic E-state index is 0.122. The highest BCUT2D eigenvalue weighted by molar-refractivity contribution is 5.33. The quantitative estimate of drug-likeness (QED) is 0.757. The highest BCUT2D eigenvalue weighted by atomic mass is 16.3. The van der Waals surface area contributed by atoms with Crippen LogP contribution in [0.3, 0.4) is 0 Å². The molecule has 0 amide bonds. The van der Waals surface area contributed by atoms with E-state index in [2.05, 4.69) is 5.10 Å². The molecule has 0 unspecified atom stereocenters. The third kappa shape index (κ3) is 1.88. The van der Waals surface area contributed by atoms with Crippen LogP contribution in [0.5, 0.6) is 5.75 Å². The molecular formula is C11H10N2O2. The second-order valence-electron chi connectivity index (χ2n) is 3.30. The average Bonchev–Trinajstić information content (AvgIpc) is 2.20. The van der Waals surface area contributed by atoms with Gasteiger partial charge in [-0.3, -0.25) is 4.79 Å². The van der Waals surface area contributed by atoms with Crippen LogP contribution in [0.25, 0.3) is 5.69 Å². The first-order chi connectivity index (χ1) is 7.16. The molecule has 0 aliphatic rings. The van der Waals surface area contributed by atoms with Gasteiger partial charge in [0.2, 0.25) is 0 Å². The fraction of sp³-hybridized carbons (Fsp3) is 0.0909. The molecule has 0 spiro atoms. The maximum Gasteiger partial charge on any atom is 0.275 e. The molecule has 15 heavy (non-hydrogen) atoms. The number of nitrogens with zero attached hydrogens (tertiary/aromatic N) is 2. The van der Waals surface area contributed by atoms with E-state index >= 15 is 0 Å². The third-order valence-corrected chi connectivity index (χ3v) is 2.06. The molecule has 0 aliphatic heterocycles. The lowest BCUT2D eigenvalue weighted by molar-refractivity contribution is 0.467. The van der Waals surface area contributed by atoms with Gasteiger partial charge in [-0.15, -0.1) is 0 Å². The maximum atomic E-state index is 11.5. The lowest BCUT2D eigenvalue weighted by Gasteiger charge is -2.03. The summed E-state index contributed by atoms with van der Waals surface area (Å²) in [5, 5.41) is 12.9. The Bertz CT molecular complexity index is 529. The smallest absolute Gasteiger partial charge is 0.275 e. The van der Waals surface area contributed by atoms with Crippen molar-refractivity contribution in [3.63, 3.8) is 0 Å². The molecule has 1 aromatic heterocycles.